The maximum Gasteiger partial charge on any atom is 0.409 e. The molecule has 2 aliphatic rings. The number of hydrogen-bond acceptors (Lipinski definition) is 5. The molecule has 0 saturated carbocycles. The first-order valence-electron chi connectivity index (χ1n) is 10.2. The summed E-state index contributed by atoms with van der Waals surface area (Å²) in [5.41, 5.74) is -0.695. The number of nitrogens with one attached hydrogen (secondary N) is 2. The topological polar surface area (TPSA) is 96.4 Å². The van der Waals surface area contributed by atoms with Crippen molar-refractivity contribution in [2.75, 3.05) is 25.5 Å². The Morgan fingerprint density at radius 2 is 1.90 bits per heavy atom. The molecule has 166 valence electrons. The van der Waals surface area contributed by atoms with Crippen LogP contribution in [0.15, 0.2) is 27.8 Å². The second kappa shape index (κ2) is 7.82. The minimum atomic E-state index is -0.950. The summed E-state index contributed by atoms with van der Waals surface area (Å²) < 4.78 is 33.0. The lowest BCUT2D eigenvalue weighted by atomic mass is 9.83. The number of halogens is 2. The van der Waals surface area contributed by atoms with Gasteiger partial charge in [-0.2, -0.15) is 0 Å². The van der Waals surface area contributed by atoms with Gasteiger partial charge in [0, 0.05) is 19.1 Å². The number of fused-ring (bicyclic) bond motifs is 1. The second-order valence-electron chi connectivity index (χ2n) is 8.23. The molecule has 10 heteroatoms. The molecule has 0 unspecified atom stereocenters. The van der Waals surface area contributed by atoms with Crippen molar-refractivity contribution in [1.82, 2.24) is 14.5 Å². The number of rotatable bonds is 2. The molecule has 1 aromatic heterocycles. The van der Waals surface area contributed by atoms with Gasteiger partial charge in [-0.25, -0.2) is 18.4 Å². The van der Waals surface area contributed by atoms with E-state index in [1.807, 2.05) is 6.92 Å². The predicted octanol–water partition coefficient (Wildman–Crippen LogP) is 2.49. The van der Waals surface area contributed by atoms with E-state index in [2.05, 4.69) is 10.3 Å². The van der Waals surface area contributed by atoms with Crippen molar-refractivity contribution >= 4 is 11.9 Å². The van der Waals surface area contributed by atoms with Crippen LogP contribution < -0.4 is 16.6 Å². The van der Waals surface area contributed by atoms with E-state index in [0.717, 1.165) is 12.1 Å². The molecule has 8 nitrogen and oxygen atoms in total. The summed E-state index contributed by atoms with van der Waals surface area (Å²) in [6.45, 7) is 2.61. The molecule has 1 saturated heterocycles. The van der Waals surface area contributed by atoms with Gasteiger partial charge in [0.25, 0.3) is 5.56 Å². The van der Waals surface area contributed by atoms with Crippen LogP contribution in [-0.2, 0) is 16.7 Å². The standard InChI is InChI=1S/C21H24F2N4O4/c1-21(12-3-4-15(22)16(23)11-12)8-5-14-17(25-21)24-19(29)27(18(14)28)13-6-9-26(10-7-13)20(30)31-2/h3-4,11,13,25H,5-10H2,1-2H3,(H,24,29)/t21-/m1/s1. The Labute approximate surface area is 176 Å². The van der Waals surface area contributed by atoms with E-state index in [0.29, 0.717) is 55.7 Å². The zero-order valence-corrected chi connectivity index (χ0v) is 17.3. The Morgan fingerprint density at radius 3 is 2.55 bits per heavy atom. The second-order valence-corrected chi connectivity index (χ2v) is 8.23. The van der Waals surface area contributed by atoms with Crippen LogP contribution in [0.4, 0.5) is 19.4 Å². The molecule has 1 atom stereocenters. The number of likely N-dealkylation sites (tertiary alicyclic amines) is 1. The fraction of sp³-hybridized carbons (Fsp3) is 0.476. The number of piperidine rings is 1. The first-order valence-corrected chi connectivity index (χ1v) is 10.2. The van der Waals surface area contributed by atoms with Crippen molar-refractivity contribution in [2.45, 2.75) is 44.2 Å². The van der Waals surface area contributed by atoms with E-state index in [1.54, 1.807) is 4.90 Å². The first kappa shape index (κ1) is 21.1. The number of H-pyrrole nitrogens is 1. The largest absolute Gasteiger partial charge is 0.453 e. The van der Waals surface area contributed by atoms with E-state index in [-0.39, 0.29) is 11.6 Å². The zero-order valence-electron chi connectivity index (χ0n) is 17.3. The molecular weight excluding hydrogens is 410 g/mol. The highest BCUT2D eigenvalue weighted by Gasteiger charge is 2.35. The monoisotopic (exact) mass is 434 g/mol. The lowest BCUT2D eigenvalue weighted by molar-refractivity contribution is 0.106. The van der Waals surface area contributed by atoms with Crippen molar-refractivity contribution < 1.29 is 18.3 Å². The normalized spacial score (nSPS) is 21.4. The first-order chi connectivity index (χ1) is 14.7. The Kier molecular flexibility index (Phi) is 5.32. The number of hydrogen-bond donors (Lipinski definition) is 2. The van der Waals surface area contributed by atoms with Crippen LogP contribution in [0.25, 0.3) is 0 Å². The summed E-state index contributed by atoms with van der Waals surface area (Å²) in [6.07, 6.45) is 1.35. The third kappa shape index (κ3) is 3.70. The maximum absolute atomic E-state index is 13.7. The molecule has 2 N–H and O–H groups in total. The number of carbonyl (C=O) groups excluding carboxylic acids is 1. The van der Waals surface area contributed by atoms with Crippen LogP contribution in [0.2, 0.25) is 0 Å². The van der Waals surface area contributed by atoms with E-state index in [9.17, 15) is 23.2 Å². The summed E-state index contributed by atoms with van der Waals surface area (Å²) in [6, 6.07) is 3.36. The average molecular weight is 434 g/mol. The lowest BCUT2D eigenvalue weighted by Gasteiger charge is -2.37. The van der Waals surface area contributed by atoms with Crippen LogP contribution >= 0.6 is 0 Å². The van der Waals surface area contributed by atoms with Gasteiger partial charge >= 0.3 is 11.8 Å². The number of ether oxygens (including phenoxy) is 1. The molecule has 1 amide bonds. The van der Waals surface area contributed by atoms with Gasteiger partial charge in [0.15, 0.2) is 11.6 Å². The molecule has 2 aliphatic heterocycles. The predicted molar refractivity (Wildman–Crippen MR) is 109 cm³/mol. The van der Waals surface area contributed by atoms with Gasteiger partial charge in [-0.1, -0.05) is 6.07 Å². The van der Waals surface area contributed by atoms with Crippen molar-refractivity contribution in [3.63, 3.8) is 0 Å². The number of amides is 1. The third-order valence-electron chi connectivity index (χ3n) is 6.32. The smallest absolute Gasteiger partial charge is 0.409 e. The van der Waals surface area contributed by atoms with E-state index in [4.69, 9.17) is 4.74 Å². The van der Waals surface area contributed by atoms with E-state index < -0.39 is 29.0 Å². The fourth-order valence-electron chi connectivity index (χ4n) is 4.46. The van der Waals surface area contributed by atoms with Gasteiger partial charge in [0.05, 0.1) is 18.2 Å². The van der Waals surface area contributed by atoms with Gasteiger partial charge in [-0.3, -0.25) is 14.3 Å². The summed E-state index contributed by atoms with van der Waals surface area (Å²) >= 11 is 0. The third-order valence-corrected chi connectivity index (χ3v) is 6.32. The minimum Gasteiger partial charge on any atom is -0.453 e. The molecule has 0 bridgehead atoms. The molecule has 2 aromatic rings. The molecular formula is C21H24F2N4O4. The van der Waals surface area contributed by atoms with Crippen LogP contribution in [0.1, 0.15) is 43.4 Å². The van der Waals surface area contributed by atoms with Crippen molar-refractivity contribution in [3.8, 4) is 0 Å². The number of aromatic amines is 1. The van der Waals surface area contributed by atoms with E-state index in [1.165, 1.54) is 17.7 Å². The van der Waals surface area contributed by atoms with Crippen LogP contribution in [0, 0.1) is 11.6 Å². The molecule has 0 aliphatic carbocycles. The number of carbonyl (C=O) groups is 1. The van der Waals surface area contributed by atoms with Gasteiger partial charge in [0.2, 0.25) is 0 Å². The highest BCUT2D eigenvalue weighted by atomic mass is 19.2. The Bertz CT molecular complexity index is 1140. The summed E-state index contributed by atoms with van der Waals surface area (Å²) in [4.78, 5) is 41.9. The lowest BCUT2D eigenvalue weighted by Crippen LogP contribution is -2.48. The molecule has 3 heterocycles. The molecule has 0 spiro atoms. The quantitative estimate of drug-likeness (QED) is 0.757. The Hall–Kier alpha value is -3.17. The zero-order chi connectivity index (χ0) is 22.3. The molecule has 31 heavy (non-hydrogen) atoms. The van der Waals surface area contributed by atoms with Crippen LogP contribution in [-0.4, -0.2) is 40.7 Å². The Balaban J connectivity index is 1.61. The molecule has 1 aromatic carbocycles. The maximum atomic E-state index is 13.7. The van der Waals surface area contributed by atoms with Crippen molar-refractivity contribution in [3.05, 3.63) is 61.8 Å². The molecule has 4 rings (SSSR count). The average Bonchev–Trinajstić information content (AvgIpc) is 2.75. The SMILES string of the molecule is COC(=O)N1CCC(n2c(=O)[nH]c3c(c2=O)CC[C@](C)(c2ccc(F)c(F)c2)N3)CC1. The highest BCUT2D eigenvalue weighted by Crippen LogP contribution is 2.35. The van der Waals surface area contributed by atoms with Gasteiger partial charge in [-0.05, 0) is 50.3 Å². The number of benzene rings is 1. The highest BCUT2D eigenvalue weighted by molar-refractivity contribution is 5.67. The Morgan fingerprint density at radius 1 is 1.19 bits per heavy atom. The van der Waals surface area contributed by atoms with Gasteiger partial charge < -0.3 is 15.0 Å². The van der Waals surface area contributed by atoms with Gasteiger partial charge in [-0.15, -0.1) is 0 Å². The number of methoxy groups -OCH3 is 1. The fourth-order valence-corrected chi connectivity index (χ4v) is 4.46. The minimum absolute atomic E-state index is 0.303. The number of nitrogens with zero attached hydrogens (tertiary/aromatic N) is 2. The van der Waals surface area contributed by atoms with Crippen molar-refractivity contribution in [2.24, 2.45) is 0 Å². The van der Waals surface area contributed by atoms with Gasteiger partial charge in [0.1, 0.15) is 5.82 Å². The summed E-state index contributed by atoms with van der Waals surface area (Å²) in [5.74, 6) is -1.58. The molecule has 1 fully saturated rings. The van der Waals surface area contributed by atoms with Crippen LogP contribution in [0.3, 0.4) is 0 Å². The van der Waals surface area contributed by atoms with Crippen molar-refractivity contribution in [1.29, 1.82) is 0 Å². The van der Waals surface area contributed by atoms with E-state index >= 15 is 0 Å². The van der Waals surface area contributed by atoms with Crippen LogP contribution in [0.5, 0.6) is 0 Å². The summed E-state index contributed by atoms with van der Waals surface area (Å²) in [5, 5.41) is 3.15. The summed E-state index contributed by atoms with van der Waals surface area (Å²) in [7, 11) is 1.31. The number of aromatic nitrogens is 2. The molecule has 0 radical (unpaired) electrons. The number of anilines is 1.